The number of carbonyl (C=O) groups is 1. The Balaban J connectivity index is 0.00000121. The summed E-state index contributed by atoms with van der Waals surface area (Å²) in [6.07, 6.45) is 4.78. The molecule has 1 aromatic rings. The molecular formula is C6H10ClN3O2. The lowest BCUT2D eigenvalue weighted by Crippen LogP contribution is -2.34. The molecule has 0 amide bonds. The quantitative estimate of drug-likeness (QED) is 0.689. The number of rotatable bonds is 3. The molecule has 68 valence electrons. The molecule has 5 nitrogen and oxygen atoms in total. The van der Waals surface area contributed by atoms with E-state index in [0.29, 0.717) is 0 Å². The van der Waals surface area contributed by atoms with E-state index in [1.54, 1.807) is 17.0 Å². The van der Waals surface area contributed by atoms with Crippen LogP contribution in [0.4, 0.5) is 0 Å². The fourth-order valence-corrected chi connectivity index (χ4v) is 0.700. The van der Waals surface area contributed by atoms with Crippen LogP contribution in [0, 0.1) is 0 Å². The maximum absolute atomic E-state index is 10.3. The van der Waals surface area contributed by atoms with Gasteiger partial charge < -0.3 is 15.4 Å². The first-order valence-corrected chi connectivity index (χ1v) is 3.14. The van der Waals surface area contributed by atoms with E-state index in [2.05, 4.69) is 4.98 Å². The summed E-state index contributed by atoms with van der Waals surface area (Å²) >= 11 is 0. The van der Waals surface area contributed by atoms with Gasteiger partial charge in [0.15, 0.2) is 0 Å². The van der Waals surface area contributed by atoms with Crippen LogP contribution in [0.25, 0.3) is 0 Å². The number of hydrogen-bond acceptors (Lipinski definition) is 3. The van der Waals surface area contributed by atoms with Gasteiger partial charge in [0, 0.05) is 18.9 Å². The van der Waals surface area contributed by atoms with Crippen LogP contribution in [0.5, 0.6) is 0 Å². The van der Waals surface area contributed by atoms with Crippen LogP contribution in [0.2, 0.25) is 0 Å². The van der Waals surface area contributed by atoms with Crippen molar-refractivity contribution in [3.63, 3.8) is 0 Å². The minimum absolute atomic E-state index is 0. The van der Waals surface area contributed by atoms with E-state index in [-0.39, 0.29) is 19.0 Å². The van der Waals surface area contributed by atoms with Crippen molar-refractivity contribution in [2.24, 2.45) is 5.73 Å². The molecule has 0 aliphatic carbocycles. The topological polar surface area (TPSA) is 81.1 Å². The highest BCUT2D eigenvalue weighted by Crippen LogP contribution is 1.89. The van der Waals surface area contributed by atoms with Gasteiger partial charge in [-0.2, -0.15) is 0 Å². The van der Waals surface area contributed by atoms with Crippen molar-refractivity contribution in [2.45, 2.75) is 12.6 Å². The van der Waals surface area contributed by atoms with Crippen LogP contribution < -0.4 is 5.73 Å². The molecule has 1 heterocycles. The summed E-state index contributed by atoms with van der Waals surface area (Å²) in [6.45, 7) is 0.259. The van der Waals surface area contributed by atoms with Gasteiger partial charge in [-0.15, -0.1) is 12.4 Å². The predicted molar refractivity (Wildman–Crippen MR) is 45.1 cm³/mol. The SMILES string of the molecule is Cl.N[C@@H](Cn1ccnc1)C(=O)O. The molecule has 0 unspecified atom stereocenters. The standard InChI is InChI=1S/C6H9N3O2.ClH/c7-5(6(10)11)3-9-2-1-8-4-9;/h1-2,4-5H,3,7H2,(H,10,11);1H/t5-;/m0./s1. The fourth-order valence-electron chi connectivity index (χ4n) is 0.700. The lowest BCUT2D eigenvalue weighted by atomic mass is 10.3. The number of carboxylic acid groups (broad SMARTS) is 1. The average molecular weight is 192 g/mol. The van der Waals surface area contributed by atoms with Crippen molar-refractivity contribution in [3.8, 4) is 0 Å². The molecule has 0 saturated carbocycles. The number of hydrogen-bond donors (Lipinski definition) is 2. The molecular weight excluding hydrogens is 182 g/mol. The fraction of sp³-hybridized carbons (Fsp3) is 0.333. The van der Waals surface area contributed by atoms with Crippen molar-refractivity contribution in [1.29, 1.82) is 0 Å². The molecule has 1 rings (SSSR count). The van der Waals surface area contributed by atoms with Crippen LogP contribution in [-0.4, -0.2) is 26.7 Å². The lowest BCUT2D eigenvalue weighted by molar-refractivity contribution is -0.138. The van der Waals surface area contributed by atoms with Crippen molar-refractivity contribution in [1.82, 2.24) is 9.55 Å². The first-order valence-electron chi connectivity index (χ1n) is 3.14. The van der Waals surface area contributed by atoms with Crippen molar-refractivity contribution in [3.05, 3.63) is 18.7 Å². The van der Waals surface area contributed by atoms with E-state index in [1.165, 1.54) is 6.33 Å². The Morgan fingerprint density at radius 2 is 2.42 bits per heavy atom. The summed E-state index contributed by atoms with van der Waals surface area (Å²) in [5.74, 6) is -1.00. The van der Waals surface area contributed by atoms with Gasteiger partial charge in [-0.3, -0.25) is 4.79 Å². The summed E-state index contributed by atoms with van der Waals surface area (Å²) < 4.78 is 1.62. The van der Waals surface area contributed by atoms with Crippen molar-refractivity contribution < 1.29 is 9.90 Å². The van der Waals surface area contributed by atoms with E-state index in [0.717, 1.165) is 0 Å². The molecule has 0 spiro atoms. The molecule has 0 saturated heterocycles. The lowest BCUT2D eigenvalue weighted by Gasteiger charge is -2.05. The van der Waals surface area contributed by atoms with Gasteiger partial charge in [-0.25, -0.2) is 4.98 Å². The number of halogens is 1. The third-order valence-electron chi connectivity index (χ3n) is 1.28. The zero-order valence-electron chi connectivity index (χ0n) is 6.25. The minimum atomic E-state index is -1.00. The van der Waals surface area contributed by atoms with E-state index >= 15 is 0 Å². The van der Waals surface area contributed by atoms with Crippen LogP contribution in [0.15, 0.2) is 18.7 Å². The Bertz CT molecular complexity index is 237. The zero-order chi connectivity index (χ0) is 8.27. The maximum Gasteiger partial charge on any atom is 0.322 e. The van der Waals surface area contributed by atoms with Gasteiger partial charge >= 0.3 is 5.97 Å². The zero-order valence-corrected chi connectivity index (χ0v) is 7.07. The molecule has 0 aliphatic heterocycles. The summed E-state index contributed by atoms with van der Waals surface area (Å²) in [6, 6.07) is -0.857. The van der Waals surface area contributed by atoms with Crippen molar-refractivity contribution in [2.75, 3.05) is 0 Å². The Kier molecular flexibility index (Phi) is 4.31. The highest BCUT2D eigenvalue weighted by molar-refractivity contribution is 5.85. The number of carboxylic acids is 1. The highest BCUT2D eigenvalue weighted by atomic mass is 35.5. The normalized spacial score (nSPS) is 11.8. The second kappa shape index (κ2) is 4.74. The smallest absolute Gasteiger partial charge is 0.322 e. The maximum atomic E-state index is 10.3. The van der Waals surface area contributed by atoms with Gasteiger partial charge in [0.25, 0.3) is 0 Å². The molecule has 1 atom stereocenters. The number of nitrogens with zero attached hydrogens (tertiary/aromatic N) is 2. The van der Waals surface area contributed by atoms with Gasteiger partial charge in [0.1, 0.15) is 6.04 Å². The van der Waals surface area contributed by atoms with Crippen LogP contribution >= 0.6 is 12.4 Å². The molecule has 0 radical (unpaired) electrons. The molecule has 3 N–H and O–H groups in total. The summed E-state index contributed by atoms with van der Waals surface area (Å²) in [5, 5.41) is 8.42. The first-order chi connectivity index (χ1) is 5.20. The van der Waals surface area contributed by atoms with Crippen LogP contribution in [-0.2, 0) is 11.3 Å². The number of aromatic nitrogens is 2. The Hall–Kier alpha value is -1.07. The van der Waals surface area contributed by atoms with Crippen LogP contribution in [0.1, 0.15) is 0 Å². The third-order valence-corrected chi connectivity index (χ3v) is 1.28. The summed E-state index contributed by atoms with van der Waals surface area (Å²) in [4.78, 5) is 14.0. The number of nitrogens with two attached hydrogens (primary N) is 1. The van der Waals surface area contributed by atoms with Gasteiger partial charge in [-0.05, 0) is 0 Å². The second-order valence-electron chi connectivity index (χ2n) is 2.20. The average Bonchev–Trinajstić information content (AvgIpc) is 2.39. The monoisotopic (exact) mass is 191 g/mol. The van der Waals surface area contributed by atoms with Gasteiger partial charge in [0.2, 0.25) is 0 Å². The number of aliphatic carboxylic acids is 1. The van der Waals surface area contributed by atoms with E-state index in [4.69, 9.17) is 10.8 Å². The van der Waals surface area contributed by atoms with E-state index in [1.807, 2.05) is 0 Å². The summed E-state index contributed by atoms with van der Waals surface area (Å²) in [7, 11) is 0. The van der Waals surface area contributed by atoms with Crippen LogP contribution in [0.3, 0.4) is 0 Å². The Labute approximate surface area is 75.6 Å². The largest absolute Gasteiger partial charge is 0.480 e. The van der Waals surface area contributed by atoms with E-state index in [9.17, 15) is 4.79 Å². The molecule has 0 bridgehead atoms. The Morgan fingerprint density at radius 1 is 1.75 bits per heavy atom. The highest BCUT2D eigenvalue weighted by Gasteiger charge is 2.10. The molecule has 6 heteroatoms. The minimum Gasteiger partial charge on any atom is -0.480 e. The van der Waals surface area contributed by atoms with Gasteiger partial charge in [-0.1, -0.05) is 0 Å². The molecule has 0 aliphatic rings. The predicted octanol–water partition coefficient (Wildman–Crippen LogP) is -0.283. The first kappa shape index (κ1) is 10.9. The van der Waals surface area contributed by atoms with E-state index < -0.39 is 12.0 Å². The van der Waals surface area contributed by atoms with Gasteiger partial charge in [0.05, 0.1) is 6.33 Å². The molecule has 12 heavy (non-hydrogen) atoms. The number of imidazole rings is 1. The third kappa shape index (κ3) is 2.89. The summed E-state index contributed by atoms with van der Waals surface area (Å²) in [5.41, 5.74) is 5.26. The van der Waals surface area contributed by atoms with Crippen molar-refractivity contribution >= 4 is 18.4 Å². The molecule has 0 aromatic carbocycles. The Morgan fingerprint density at radius 3 is 2.83 bits per heavy atom. The molecule has 1 aromatic heterocycles. The molecule has 0 fully saturated rings. The second-order valence-corrected chi connectivity index (χ2v) is 2.20.